The van der Waals surface area contributed by atoms with Gasteiger partial charge in [-0.2, -0.15) is 5.10 Å². The van der Waals surface area contributed by atoms with E-state index in [1.165, 1.54) is 16.7 Å². The van der Waals surface area contributed by atoms with E-state index in [9.17, 15) is 0 Å². The highest BCUT2D eigenvalue weighted by atomic mass is 16.3. The molecule has 84 valence electrons. The van der Waals surface area contributed by atoms with Crippen LogP contribution in [0.2, 0.25) is 0 Å². The lowest BCUT2D eigenvalue weighted by atomic mass is 10.1. The highest BCUT2D eigenvalue weighted by Crippen LogP contribution is 2.12. The van der Waals surface area contributed by atoms with Crippen molar-refractivity contribution >= 4 is 0 Å². The third-order valence-electron chi connectivity index (χ3n) is 2.71. The summed E-state index contributed by atoms with van der Waals surface area (Å²) in [5, 5.41) is 13.2. The van der Waals surface area contributed by atoms with Crippen LogP contribution >= 0.6 is 0 Å². The van der Waals surface area contributed by atoms with Crippen LogP contribution in [0, 0.1) is 13.8 Å². The quantitative estimate of drug-likeness (QED) is 0.852. The summed E-state index contributed by atoms with van der Waals surface area (Å²) in [5.41, 5.74) is 4.65. The van der Waals surface area contributed by atoms with Gasteiger partial charge in [-0.1, -0.05) is 23.8 Å². The van der Waals surface area contributed by atoms with Crippen molar-refractivity contribution in [3.63, 3.8) is 0 Å². The Bertz CT molecular complexity index is 488. The van der Waals surface area contributed by atoms with E-state index in [0.29, 0.717) is 0 Å². The number of rotatable bonds is 3. The fraction of sp³-hybridized carbons (Fsp3) is 0.308. The van der Waals surface area contributed by atoms with E-state index in [1.54, 1.807) is 6.20 Å². The molecule has 2 aromatic rings. The molecular formula is C13H16N2O. The van der Waals surface area contributed by atoms with Gasteiger partial charge in [0, 0.05) is 11.8 Å². The number of hydrogen-bond donors (Lipinski definition) is 1. The van der Waals surface area contributed by atoms with E-state index in [1.807, 2.05) is 10.9 Å². The molecule has 0 saturated heterocycles. The summed E-state index contributed by atoms with van der Waals surface area (Å²) in [7, 11) is 0. The number of aliphatic hydroxyl groups excluding tert-OH is 1. The molecule has 1 N–H and O–H groups in total. The molecule has 0 unspecified atom stereocenters. The van der Waals surface area contributed by atoms with E-state index >= 15 is 0 Å². The van der Waals surface area contributed by atoms with Crippen molar-refractivity contribution < 1.29 is 5.11 Å². The van der Waals surface area contributed by atoms with Crippen LogP contribution in [0.3, 0.4) is 0 Å². The number of aromatic nitrogens is 2. The summed E-state index contributed by atoms with van der Waals surface area (Å²) < 4.78 is 1.85. The first-order valence-electron chi connectivity index (χ1n) is 5.37. The Labute approximate surface area is 95.3 Å². The first kappa shape index (κ1) is 10.9. The highest BCUT2D eigenvalue weighted by molar-refractivity contribution is 5.30. The van der Waals surface area contributed by atoms with E-state index < -0.39 is 0 Å². The van der Waals surface area contributed by atoms with Crippen molar-refractivity contribution in [1.29, 1.82) is 0 Å². The molecule has 0 saturated carbocycles. The smallest absolute Gasteiger partial charge is 0.0712 e. The maximum Gasteiger partial charge on any atom is 0.0712 e. The van der Waals surface area contributed by atoms with Gasteiger partial charge in [-0.05, 0) is 25.0 Å². The molecule has 0 aliphatic rings. The van der Waals surface area contributed by atoms with Gasteiger partial charge >= 0.3 is 0 Å². The molecule has 2 rings (SSSR count). The summed E-state index contributed by atoms with van der Waals surface area (Å²) in [6.07, 6.45) is 3.58. The molecular weight excluding hydrogens is 200 g/mol. The Morgan fingerprint density at radius 1 is 1.31 bits per heavy atom. The van der Waals surface area contributed by atoms with Crippen molar-refractivity contribution in [2.45, 2.75) is 27.0 Å². The fourth-order valence-corrected chi connectivity index (χ4v) is 1.72. The SMILES string of the molecule is Cc1ccc(C)c(Cn2cc(CO)cn2)c1. The van der Waals surface area contributed by atoms with E-state index in [0.717, 1.165) is 12.1 Å². The van der Waals surface area contributed by atoms with Crippen LogP contribution < -0.4 is 0 Å². The number of nitrogens with zero attached hydrogens (tertiary/aromatic N) is 2. The number of hydrogen-bond acceptors (Lipinski definition) is 2. The zero-order valence-corrected chi connectivity index (χ0v) is 9.64. The average molecular weight is 216 g/mol. The summed E-state index contributed by atoms with van der Waals surface area (Å²) in [6, 6.07) is 6.41. The van der Waals surface area contributed by atoms with E-state index in [4.69, 9.17) is 5.11 Å². The molecule has 0 spiro atoms. The molecule has 1 aromatic carbocycles. The minimum absolute atomic E-state index is 0.0484. The zero-order chi connectivity index (χ0) is 11.5. The van der Waals surface area contributed by atoms with E-state index in [-0.39, 0.29) is 6.61 Å². The van der Waals surface area contributed by atoms with Gasteiger partial charge < -0.3 is 5.11 Å². The van der Waals surface area contributed by atoms with Gasteiger partial charge in [0.25, 0.3) is 0 Å². The van der Waals surface area contributed by atoms with Crippen LogP contribution in [0.5, 0.6) is 0 Å². The Morgan fingerprint density at radius 2 is 2.12 bits per heavy atom. The lowest BCUT2D eigenvalue weighted by Gasteiger charge is -2.07. The Hall–Kier alpha value is -1.61. The maximum absolute atomic E-state index is 8.96. The minimum atomic E-state index is 0.0484. The molecule has 16 heavy (non-hydrogen) atoms. The van der Waals surface area contributed by atoms with Crippen molar-refractivity contribution in [3.05, 3.63) is 52.8 Å². The van der Waals surface area contributed by atoms with Crippen LogP contribution in [0.1, 0.15) is 22.3 Å². The molecule has 1 heterocycles. The van der Waals surface area contributed by atoms with Crippen molar-refractivity contribution in [1.82, 2.24) is 9.78 Å². The van der Waals surface area contributed by atoms with Gasteiger partial charge in [0.1, 0.15) is 0 Å². The summed E-state index contributed by atoms with van der Waals surface area (Å²) in [6.45, 7) is 5.00. The molecule has 0 bridgehead atoms. The third-order valence-corrected chi connectivity index (χ3v) is 2.71. The Morgan fingerprint density at radius 3 is 2.81 bits per heavy atom. The van der Waals surface area contributed by atoms with Crippen molar-refractivity contribution in [2.24, 2.45) is 0 Å². The van der Waals surface area contributed by atoms with Crippen molar-refractivity contribution in [3.8, 4) is 0 Å². The Balaban J connectivity index is 2.22. The fourth-order valence-electron chi connectivity index (χ4n) is 1.72. The van der Waals surface area contributed by atoms with Gasteiger partial charge in [0.2, 0.25) is 0 Å². The van der Waals surface area contributed by atoms with Crippen LogP contribution in [-0.4, -0.2) is 14.9 Å². The molecule has 0 aliphatic carbocycles. The van der Waals surface area contributed by atoms with Crippen LogP contribution in [0.15, 0.2) is 30.6 Å². The van der Waals surface area contributed by atoms with Crippen molar-refractivity contribution in [2.75, 3.05) is 0 Å². The van der Waals surface area contributed by atoms with Crippen LogP contribution in [0.4, 0.5) is 0 Å². The average Bonchev–Trinajstić information content (AvgIpc) is 2.71. The largest absolute Gasteiger partial charge is 0.392 e. The molecule has 0 radical (unpaired) electrons. The molecule has 0 aliphatic heterocycles. The second-order valence-corrected chi connectivity index (χ2v) is 4.13. The lowest BCUT2D eigenvalue weighted by Crippen LogP contribution is -2.02. The molecule has 3 heteroatoms. The third kappa shape index (κ3) is 2.31. The van der Waals surface area contributed by atoms with E-state index in [2.05, 4.69) is 37.1 Å². The van der Waals surface area contributed by atoms with Gasteiger partial charge in [-0.25, -0.2) is 0 Å². The second-order valence-electron chi connectivity index (χ2n) is 4.13. The number of benzene rings is 1. The first-order valence-corrected chi connectivity index (χ1v) is 5.37. The molecule has 3 nitrogen and oxygen atoms in total. The highest BCUT2D eigenvalue weighted by Gasteiger charge is 2.02. The first-order chi connectivity index (χ1) is 7.69. The minimum Gasteiger partial charge on any atom is -0.392 e. The monoisotopic (exact) mass is 216 g/mol. The maximum atomic E-state index is 8.96. The van der Waals surface area contributed by atoms with Gasteiger partial charge in [-0.3, -0.25) is 4.68 Å². The predicted molar refractivity (Wildman–Crippen MR) is 63.2 cm³/mol. The normalized spacial score (nSPS) is 10.7. The summed E-state index contributed by atoms with van der Waals surface area (Å²) in [5.74, 6) is 0. The molecule has 0 fully saturated rings. The lowest BCUT2D eigenvalue weighted by molar-refractivity contribution is 0.281. The summed E-state index contributed by atoms with van der Waals surface area (Å²) in [4.78, 5) is 0. The van der Waals surface area contributed by atoms with Gasteiger partial charge in [0.05, 0.1) is 19.3 Å². The molecule has 0 amide bonds. The Kier molecular flexibility index (Phi) is 3.06. The van der Waals surface area contributed by atoms with Crippen LogP contribution in [-0.2, 0) is 13.2 Å². The molecule has 1 aromatic heterocycles. The standard InChI is InChI=1S/C13H16N2O/c1-10-3-4-11(2)13(5-10)8-15-7-12(9-16)6-14-15/h3-7,16H,8-9H2,1-2H3. The van der Waals surface area contributed by atoms with Crippen LogP contribution in [0.25, 0.3) is 0 Å². The predicted octanol–water partition coefficient (Wildman–Crippen LogP) is 2.04. The summed E-state index contributed by atoms with van der Waals surface area (Å²) >= 11 is 0. The number of aryl methyl sites for hydroxylation is 2. The van der Waals surface area contributed by atoms with Gasteiger partial charge in [-0.15, -0.1) is 0 Å². The van der Waals surface area contributed by atoms with Gasteiger partial charge in [0.15, 0.2) is 0 Å². The molecule has 0 atom stereocenters. The number of aliphatic hydroxyl groups is 1. The topological polar surface area (TPSA) is 38.0 Å². The zero-order valence-electron chi connectivity index (χ0n) is 9.64. The second kappa shape index (κ2) is 4.49.